The number of amides is 2. The molecule has 1 aliphatic rings. The summed E-state index contributed by atoms with van der Waals surface area (Å²) in [6.45, 7) is 3.61. The van der Waals surface area contributed by atoms with E-state index in [0.717, 1.165) is 12.8 Å². The normalized spacial score (nSPS) is 22.4. The molecule has 2 atom stereocenters. The predicted octanol–water partition coefficient (Wildman–Crippen LogP) is 0.235. The number of carbonyl (C=O) groups is 1. The number of hydrogen-bond donors (Lipinski definition) is 3. The highest BCUT2D eigenvalue weighted by molar-refractivity contribution is 5.74. The summed E-state index contributed by atoms with van der Waals surface area (Å²) in [5.74, 6) is 0. The maximum Gasteiger partial charge on any atom is 0.315 e. The lowest BCUT2D eigenvalue weighted by molar-refractivity contribution is 0.159. The fraction of sp³-hybridized carbons (Fsp3) is 0.900. The van der Waals surface area contributed by atoms with E-state index in [1.807, 2.05) is 6.92 Å². The first-order valence-electron chi connectivity index (χ1n) is 5.52. The van der Waals surface area contributed by atoms with Crippen LogP contribution in [0.5, 0.6) is 0 Å². The molecule has 0 aromatic carbocycles. The second-order valence-corrected chi connectivity index (χ2v) is 3.86. The number of aliphatic hydroxyl groups excluding tert-OH is 1. The second kappa shape index (κ2) is 6.63. The van der Waals surface area contributed by atoms with Crippen LogP contribution < -0.4 is 10.6 Å². The molecule has 1 saturated heterocycles. The maximum absolute atomic E-state index is 11.3. The highest BCUT2D eigenvalue weighted by Gasteiger charge is 2.17. The molecule has 88 valence electrons. The number of urea groups is 1. The molecule has 0 saturated carbocycles. The second-order valence-electron chi connectivity index (χ2n) is 3.86. The van der Waals surface area contributed by atoms with Gasteiger partial charge in [-0.1, -0.05) is 13.3 Å². The molecule has 5 nitrogen and oxygen atoms in total. The molecule has 0 spiro atoms. The Bertz CT molecular complexity index is 193. The molecule has 1 fully saturated rings. The minimum Gasteiger partial charge on any atom is -0.391 e. The molecule has 0 radical (unpaired) electrons. The smallest absolute Gasteiger partial charge is 0.315 e. The van der Waals surface area contributed by atoms with Gasteiger partial charge < -0.3 is 20.5 Å². The van der Waals surface area contributed by atoms with Gasteiger partial charge in [-0.2, -0.15) is 0 Å². The molecule has 2 unspecified atom stereocenters. The number of hydrogen-bond acceptors (Lipinski definition) is 3. The molecule has 1 rings (SSSR count). The molecule has 5 heteroatoms. The molecule has 0 bridgehead atoms. The van der Waals surface area contributed by atoms with Crippen LogP contribution >= 0.6 is 0 Å². The van der Waals surface area contributed by atoms with Crippen molar-refractivity contribution in [3.8, 4) is 0 Å². The molecule has 0 aromatic heterocycles. The Labute approximate surface area is 90.2 Å². The van der Waals surface area contributed by atoms with Crippen molar-refractivity contribution in [1.82, 2.24) is 10.6 Å². The van der Waals surface area contributed by atoms with Crippen molar-refractivity contribution < 1.29 is 14.6 Å². The lowest BCUT2D eigenvalue weighted by Crippen LogP contribution is -2.44. The van der Waals surface area contributed by atoms with Crippen LogP contribution in [0.4, 0.5) is 4.79 Å². The minimum absolute atomic E-state index is 0.119. The van der Waals surface area contributed by atoms with E-state index in [0.29, 0.717) is 26.2 Å². The Hall–Kier alpha value is -0.810. The fourth-order valence-electron chi connectivity index (χ4n) is 1.53. The third-order valence-electron chi connectivity index (χ3n) is 2.39. The maximum atomic E-state index is 11.3. The van der Waals surface area contributed by atoms with Gasteiger partial charge in [-0.05, 0) is 12.8 Å². The molecule has 0 aliphatic carbocycles. The van der Waals surface area contributed by atoms with Gasteiger partial charge in [0.15, 0.2) is 0 Å². The summed E-state index contributed by atoms with van der Waals surface area (Å²) in [4.78, 5) is 11.3. The van der Waals surface area contributed by atoms with Gasteiger partial charge in [0, 0.05) is 13.2 Å². The lowest BCUT2D eigenvalue weighted by Gasteiger charge is -2.14. The van der Waals surface area contributed by atoms with Crippen molar-refractivity contribution in [3.05, 3.63) is 0 Å². The monoisotopic (exact) mass is 216 g/mol. The first-order chi connectivity index (χ1) is 7.22. The first kappa shape index (κ1) is 12.3. The molecular weight excluding hydrogens is 196 g/mol. The Kier molecular flexibility index (Phi) is 5.42. The summed E-state index contributed by atoms with van der Waals surface area (Å²) in [5, 5.41) is 14.8. The summed E-state index contributed by atoms with van der Waals surface area (Å²) in [6.07, 6.45) is 2.05. The van der Waals surface area contributed by atoms with Crippen molar-refractivity contribution in [3.63, 3.8) is 0 Å². The number of aliphatic hydroxyl groups is 1. The van der Waals surface area contributed by atoms with Crippen LogP contribution in [-0.2, 0) is 4.74 Å². The zero-order valence-electron chi connectivity index (χ0n) is 9.16. The van der Waals surface area contributed by atoms with Crippen molar-refractivity contribution >= 4 is 6.03 Å². The van der Waals surface area contributed by atoms with Gasteiger partial charge in [-0.3, -0.25) is 0 Å². The van der Waals surface area contributed by atoms with Crippen LogP contribution in [0, 0.1) is 0 Å². The molecule has 3 N–H and O–H groups in total. The van der Waals surface area contributed by atoms with E-state index in [1.54, 1.807) is 0 Å². The highest BCUT2D eigenvalue weighted by atomic mass is 16.5. The topological polar surface area (TPSA) is 70.6 Å². The Morgan fingerprint density at radius 2 is 2.47 bits per heavy atom. The van der Waals surface area contributed by atoms with Gasteiger partial charge in [0.05, 0.1) is 18.8 Å². The van der Waals surface area contributed by atoms with E-state index in [1.165, 1.54) is 0 Å². The average molecular weight is 216 g/mol. The zero-order valence-corrected chi connectivity index (χ0v) is 9.16. The number of carbonyl (C=O) groups excluding carboxylic acids is 1. The lowest BCUT2D eigenvalue weighted by atomic mass is 10.2. The van der Waals surface area contributed by atoms with Gasteiger partial charge in [0.25, 0.3) is 0 Å². The number of ether oxygens (including phenoxy) is 1. The summed E-state index contributed by atoms with van der Waals surface area (Å²) in [5.41, 5.74) is 0. The fourth-order valence-corrected chi connectivity index (χ4v) is 1.53. The summed E-state index contributed by atoms with van der Waals surface area (Å²) < 4.78 is 5.13. The molecular formula is C10H20N2O3. The predicted molar refractivity (Wildman–Crippen MR) is 56.7 cm³/mol. The third kappa shape index (κ3) is 4.99. The van der Waals surface area contributed by atoms with E-state index in [9.17, 15) is 9.90 Å². The molecule has 1 heterocycles. The summed E-state index contributed by atoms with van der Waals surface area (Å²) in [6, 6.07) is -0.103. The Balaban J connectivity index is 2.07. The van der Waals surface area contributed by atoms with Gasteiger partial charge in [-0.25, -0.2) is 4.79 Å². The first-order valence-corrected chi connectivity index (χ1v) is 5.52. The van der Waals surface area contributed by atoms with E-state index in [2.05, 4.69) is 10.6 Å². The summed E-state index contributed by atoms with van der Waals surface area (Å²) >= 11 is 0. The van der Waals surface area contributed by atoms with Crippen molar-refractivity contribution in [1.29, 1.82) is 0 Å². The third-order valence-corrected chi connectivity index (χ3v) is 2.39. The van der Waals surface area contributed by atoms with E-state index < -0.39 is 6.10 Å². The average Bonchev–Trinajstić information content (AvgIpc) is 2.68. The quantitative estimate of drug-likeness (QED) is 0.616. The van der Waals surface area contributed by atoms with E-state index in [-0.39, 0.29) is 12.1 Å². The van der Waals surface area contributed by atoms with E-state index >= 15 is 0 Å². The number of nitrogens with one attached hydrogen (secondary N) is 2. The van der Waals surface area contributed by atoms with Crippen LogP contribution in [0.3, 0.4) is 0 Å². The molecule has 15 heavy (non-hydrogen) atoms. The van der Waals surface area contributed by atoms with Gasteiger partial charge in [0.2, 0.25) is 0 Å². The van der Waals surface area contributed by atoms with Crippen LogP contribution in [0.15, 0.2) is 0 Å². The van der Waals surface area contributed by atoms with Gasteiger partial charge >= 0.3 is 6.03 Å². The minimum atomic E-state index is -0.444. The van der Waals surface area contributed by atoms with Crippen LogP contribution in [0.2, 0.25) is 0 Å². The highest BCUT2D eigenvalue weighted by Crippen LogP contribution is 2.02. The van der Waals surface area contributed by atoms with E-state index in [4.69, 9.17) is 4.74 Å². The zero-order chi connectivity index (χ0) is 11.1. The van der Waals surface area contributed by atoms with Crippen LogP contribution in [0.1, 0.15) is 26.2 Å². The Morgan fingerprint density at radius 1 is 1.67 bits per heavy atom. The Morgan fingerprint density at radius 3 is 3.07 bits per heavy atom. The molecule has 2 amide bonds. The molecule has 1 aliphatic heterocycles. The van der Waals surface area contributed by atoms with Crippen molar-refractivity contribution in [2.45, 2.75) is 38.3 Å². The van der Waals surface area contributed by atoms with Gasteiger partial charge in [0.1, 0.15) is 0 Å². The standard InChI is InChI=1S/C10H20N2O3/c1-2-3-9(13)6-11-10(14)12-8-4-5-15-7-8/h8-9,13H,2-7H2,1H3,(H2,11,12,14). The number of rotatable bonds is 5. The van der Waals surface area contributed by atoms with Gasteiger partial charge in [-0.15, -0.1) is 0 Å². The largest absolute Gasteiger partial charge is 0.391 e. The molecule has 0 aromatic rings. The van der Waals surface area contributed by atoms with Crippen LogP contribution in [-0.4, -0.2) is 43.0 Å². The van der Waals surface area contributed by atoms with Crippen molar-refractivity contribution in [2.24, 2.45) is 0 Å². The van der Waals surface area contributed by atoms with Crippen molar-refractivity contribution in [2.75, 3.05) is 19.8 Å². The summed E-state index contributed by atoms with van der Waals surface area (Å²) in [7, 11) is 0. The van der Waals surface area contributed by atoms with Crippen LogP contribution in [0.25, 0.3) is 0 Å². The SMILES string of the molecule is CCCC(O)CNC(=O)NC1CCOC1.